The lowest BCUT2D eigenvalue weighted by atomic mass is 9.71. The van der Waals surface area contributed by atoms with Crippen LogP contribution < -0.4 is 5.32 Å². The van der Waals surface area contributed by atoms with Crippen molar-refractivity contribution in [3.05, 3.63) is 0 Å². The van der Waals surface area contributed by atoms with Crippen molar-refractivity contribution >= 4 is 0 Å². The van der Waals surface area contributed by atoms with Crippen molar-refractivity contribution in [3.63, 3.8) is 0 Å². The highest BCUT2D eigenvalue weighted by molar-refractivity contribution is 5.15. The van der Waals surface area contributed by atoms with Gasteiger partial charge < -0.3 is 5.32 Å². The van der Waals surface area contributed by atoms with Gasteiger partial charge in [0.05, 0.1) is 12.0 Å². The predicted molar refractivity (Wildman–Crippen MR) is 68.4 cm³/mol. The Hall–Kier alpha value is -0.550. The van der Waals surface area contributed by atoms with Crippen LogP contribution in [-0.4, -0.2) is 12.1 Å². The lowest BCUT2D eigenvalue weighted by Crippen LogP contribution is -2.51. The Morgan fingerprint density at radius 3 is 2.41 bits per heavy atom. The Kier molecular flexibility index (Phi) is 2.91. The van der Waals surface area contributed by atoms with Crippen LogP contribution in [0.5, 0.6) is 0 Å². The first-order valence-corrected chi connectivity index (χ1v) is 7.43. The molecule has 2 aliphatic carbocycles. The maximum Gasteiger partial charge on any atom is 0.0675 e. The lowest BCUT2D eigenvalue weighted by Gasteiger charge is -2.40. The van der Waals surface area contributed by atoms with E-state index < -0.39 is 0 Å². The first-order valence-electron chi connectivity index (χ1n) is 7.43. The predicted octanol–water partition coefficient (Wildman–Crippen LogP) is 3.38. The molecular weight excluding hydrogens is 208 g/mol. The molecule has 2 atom stereocenters. The summed E-state index contributed by atoms with van der Waals surface area (Å²) in [7, 11) is 0. The lowest BCUT2D eigenvalue weighted by molar-refractivity contribution is 0.160. The van der Waals surface area contributed by atoms with Gasteiger partial charge in [0.1, 0.15) is 0 Å². The van der Waals surface area contributed by atoms with E-state index in [0.717, 1.165) is 6.54 Å². The maximum absolute atomic E-state index is 9.51. The van der Waals surface area contributed by atoms with Gasteiger partial charge >= 0.3 is 0 Å². The van der Waals surface area contributed by atoms with E-state index in [-0.39, 0.29) is 11.5 Å². The van der Waals surface area contributed by atoms with E-state index in [9.17, 15) is 5.26 Å². The molecule has 0 aromatic heterocycles. The summed E-state index contributed by atoms with van der Waals surface area (Å²) < 4.78 is 0. The molecule has 17 heavy (non-hydrogen) atoms. The summed E-state index contributed by atoms with van der Waals surface area (Å²) in [6.07, 6.45) is 13.3. The van der Waals surface area contributed by atoms with Gasteiger partial charge in [-0.3, -0.25) is 0 Å². The van der Waals surface area contributed by atoms with Crippen molar-refractivity contribution in [2.45, 2.75) is 69.7 Å². The minimum atomic E-state index is 0.199. The number of hydrogen-bond acceptors (Lipinski definition) is 2. The molecule has 1 heterocycles. The SMILES string of the molecule is N#CC1CC2(CCCCC2)CC12CCCCN2. The van der Waals surface area contributed by atoms with Crippen LogP contribution in [0.25, 0.3) is 0 Å². The fourth-order valence-corrected chi connectivity index (χ4v) is 4.78. The van der Waals surface area contributed by atoms with Gasteiger partial charge in [0.15, 0.2) is 0 Å². The van der Waals surface area contributed by atoms with Crippen molar-refractivity contribution in [2.75, 3.05) is 6.54 Å². The molecule has 1 aliphatic heterocycles. The van der Waals surface area contributed by atoms with Gasteiger partial charge in [-0.25, -0.2) is 0 Å². The van der Waals surface area contributed by atoms with E-state index in [2.05, 4.69) is 11.4 Å². The molecule has 0 aromatic carbocycles. The number of rotatable bonds is 0. The summed E-state index contributed by atoms with van der Waals surface area (Å²) in [5.41, 5.74) is 0.729. The molecule has 2 unspecified atom stereocenters. The van der Waals surface area contributed by atoms with E-state index in [1.165, 1.54) is 64.2 Å². The van der Waals surface area contributed by atoms with Crippen LogP contribution in [-0.2, 0) is 0 Å². The Bertz CT molecular complexity index is 316. The molecule has 1 N–H and O–H groups in total. The van der Waals surface area contributed by atoms with Crippen LogP contribution in [0, 0.1) is 22.7 Å². The van der Waals surface area contributed by atoms with Crippen molar-refractivity contribution in [1.82, 2.24) is 5.32 Å². The average molecular weight is 232 g/mol. The Balaban J connectivity index is 1.82. The summed E-state index contributed by atoms with van der Waals surface area (Å²) in [5, 5.41) is 13.3. The second-order valence-corrected chi connectivity index (χ2v) is 6.66. The van der Waals surface area contributed by atoms with E-state index in [0.29, 0.717) is 5.41 Å². The number of piperidine rings is 1. The van der Waals surface area contributed by atoms with Crippen LogP contribution in [0.4, 0.5) is 0 Å². The summed E-state index contributed by atoms with van der Waals surface area (Å²) in [5.74, 6) is 0.279. The molecule has 2 heteroatoms. The molecule has 2 nitrogen and oxygen atoms in total. The smallest absolute Gasteiger partial charge is 0.0675 e. The molecule has 1 saturated heterocycles. The fourth-order valence-electron chi connectivity index (χ4n) is 4.78. The quantitative estimate of drug-likeness (QED) is 0.695. The third-order valence-electron chi connectivity index (χ3n) is 5.59. The first-order chi connectivity index (χ1) is 8.29. The maximum atomic E-state index is 9.51. The van der Waals surface area contributed by atoms with Crippen LogP contribution in [0.3, 0.4) is 0 Å². The van der Waals surface area contributed by atoms with Crippen LogP contribution in [0.15, 0.2) is 0 Å². The first kappa shape index (κ1) is 11.5. The zero-order chi connectivity index (χ0) is 11.8. The molecule has 3 rings (SSSR count). The number of nitrogens with zero attached hydrogens (tertiary/aromatic N) is 1. The van der Waals surface area contributed by atoms with Crippen molar-refractivity contribution in [2.24, 2.45) is 11.3 Å². The summed E-state index contributed by atoms with van der Waals surface area (Å²) in [6, 6.07) is 2.63. The van der Waals surface area contributed by atoms with E-state index in [4.69, 9.17) is 0 Å². The van der Waals surface area contributed by atoms with Gasteiger partial charge in [-0.1, -0.05) is 25.7 Å². The van der Waals surface area contributed by atoms with Crippen LogP contribution in [0.1, 0.15) is 64.2 Å². The summed E-state index contributed by atoms with van der Waals surface area (Å²) in [6.45, 7) is 1.13. The molecule has 0 radical (unpaired) electrons. The van der Waals surface area contributed by atoms with E-state index in [1.54, 1.807) is 0 Å². The van der Waals surface area contributed by atoms with Gasteiger partial charge in [0.2, 0.25) is 0 Å². The van der Waals surface area contributed by atoms with E-state index in [1.807, 2.05) is 0 Å². The summed E-state index contributed by atoms with van der Waals surface area (Å²) in [4.78, 5) is 0. The fraction of sp³-hybridized carbons (Fsp3) is 0.933. The van der Waals surface area contributed by atoms with Crippen molar-refractivity contribution in [3.8, 4) is 6.07 Å². The van der Waals surface area contributed by atoms with E-state index >= 15 is 0 Å². The largest absolute Gasteiger partial charge is 0.310 e. The minimum absolute atomic E-state index is 0.199. The number of nitriles is 1. The molecule has 2 saturated carbocycles. The average Bonchev–Trinajstić information content (AvgIpc) is 2.65. The molecule has 2 spiro atoms. The minimum Gasteiger partial charge on any atom is -0.310 e. The third-order valence-corrected chi connectivity index (χ3v) is 5.59. The number of nitrogens with one attached hydrogen (secondary N) is 1. The second kappa shape index (κ2) is 4.28. The zero-order valence-electron chi connectivity index (χ0n) is 10.8. The Morgan fingerprint density at radius 2 is 1.76 bits per heavy atom. The van der Waals surface area contributed by atoms with Gasteiger partial charge in [-0.05, 0) is 50.5 Å². The second-order valence-electron chi connectivity index (χ2n) is 6.66. The molecule has 94 valence electrons. The highest BCUT2D eigenvalue weighted by atomic mass is 15.0. The standard InChI is InChI=1S/C15H24N2/c16-11-13-10-14(6-2-1-3-7-14)12-15(13)8-4-5-9-17-15/h13,17H,1-10,12H2. The third kappa shape index (κ3) is 1.89. The van der Waals surface area contributed by atoms with Crippen molar-refractivity contribution < 1.29 is 0 Å². The van der Waals surface area contributed by atoms with Gasteiger partial charge in [-0.2, -0.15) is 5.26 Å². The Labute approximate surface area is 105 Å². The van der Waals surface area contributed by atoms with Gasteiger partial charge in [0, 0.05) is 5.54 Å². The monoisotopic (exact) mass is 232 g/mol. The molecule has 0 aromatic rings. The molecular formula is C15H24N2. The molecule has 0 amide bonds. The highest BCUT2D eigenvalue weighted by Gasteiger charge is 2.54. The zero-order valence-corrected chi connectivity index (χ0v) is 10.8. The van der Waals surface area contributed by atoms with Crippen molar-refractivity contribution in [1.29, 1.82) is 5.26 Å². The van der Waals surface area contributed by atoms with Crippen LogP contribution >= 0.6 is 0 Å². The topological polar surface area (TPSA) is 35.8 Å². The number of hydrogen-bond donors (Lipinski definition) is 1. The molecule has 3 fully saturated rings. The van der Waals surface area contributed by atoms with Gasteiger partial charge in [0.25, 0.3) is 0 Å². The Morgan fingerprint density at radius 1 is 1.00 bits per heavy atom. The van der Waals surface area contributed by atoms with Gasteiger partial charge in [-0.15, -0.1) is 0 Å². The summed E-state index contributed by atoms with van der Waals surface area (Å²) >= 11 is 0. The normalized spacial score (nSPS) is 40.5. The highest BCUT2D eigenvalue weighted by Crippen LogP contribution is 2.57. The molecule has 3 aliphatic rings. The van der Waals surface area contributed by atoms with Crippen LogP contribution in [0.2, 0.25) is 0 Å². The molecule has 0 bridgehead atoms.